The van der Waals surface area contributed by atoms with Crippen LogP contribution in [-0.4, -0.2) is 36.2 Å². The molecule has 0 radical (unpaired) electrons. The van der Waals surface area contributed by atoms with E-state index >= 15 is 0 Å². The summed E-state index contributed by atoms with van der Waals surface area (Å²) >= 11 is 1.62. The van der Waals surface area contributed by atoms with Crippen LogP contribution in [0.4, 0.5) is 5.69 Å². The van der Waals surface area contributed by atoms with E-state index in [1.54, 1.807) is 36.8 Å². The van der Waals surface area contributed by atoms with Gasteiger partial charge in [0.05, 0.1) is 39.1 Å². The number of para-hydroxylation sites is 1. The Labute approximate surface area is 191 Å². The second-order valence-electron chi connectivity index (χ2n) is 7.63. The van der Waals surface area contributed by atoms with Crippen LogP contribution in [0.15, 0.2) is 72.9 Å². The van der Waals surface area contributed by atoms with Gasteiger partial charge in [-0.15, -0.1) is 11.3 Å². The van der Waals surface area contributed by atoms with Gasteiger partial charge in [0.2, 0.25) is 11.8 Å². The van der Waals surface area contributed by atoms with E-state index in [-0.39, 0.29) is 5.91 Å². The predicted octanol–water partition coefficient (Wildman–Crippen LogP) is 4.86. The van der Waals surface area contributed by atoms with E-state index in [1.165, 1.54) is 0 Å². The minimum Gasteiger partial charge on any atom is -0.475 e. The number of nitrogens with one attached hydrogen (secondary N) is 1. The fourth-order valence-corrected chi connectivity index (χ4v) is 4.58. The van der Waals surface area contributed by atoms with Crippen molar-refractivity contribution in [1.82, 2.24) is 9.97 Å². The molecule has 0 fully saturated rings. The zero-order chi connectivity index (χ0) is 22.4. The van der Waals surface area contributed by atoms with Gasteiger partial charge in [-0.1, -0.05) is 42.5 Å². The van der Waals surface area contributed by atoms with E-state index in [0.29, 0.717) is 31.2 Å². The van der Waals surface area contributed by atoms with E-state index in [2.05, 4.69) is 16.4 Å². The molecule has 32 heavy (non-hydrogen) atoms. The lowest BCUT2D eigenvalue weighted by atomic mass is 9.78. The van der Waals surface area contributed by atoms with E-state index in [9.17, 15) is 4.79 Å². The molecule has 4 aromatic rings. The highest BCUT2D eigenvalue weighted by Crippen LogP contribution is 2.33. The third kappa shape index (κ3) is 4.95. The molecule has 0 saturated heterocycles. The number of rotatable bonds is 9. The van der Waals surface area contributed by atoms with Crippen molar-refractivity contribution in [2.24, 2.45) is 0 Å². The molecule has 2 aromatic heterocycles. The summed E-state index contributed by atoms with van der Waals surface area (Å²) in [7, 11) is 1.62. The molecule has 0 saturated carbocycles. The summed E-state index contributed by atoms with van der Waals surface area (Å²) < 4.78 is 11.6. The first kappa shape index (κ1) is 21.9. The van der Waals surface area contributed by atoms with Crippen LogP contribution >= 0.6 is 11.3 Å². The Morgan fingerprint density at radius 3 is 2.53 bits per heavy atom. The lowest BCUT2D eigenvalue weighted by Gasteiger charge is -2.28. The van der Waals surface area contributed by atoms with Crippen molar-refractivity contribution < 1.29 is 14.3 Å². The van der Waals surface area contributed by atoms with Gasteiger partial charge in [0.1, 0.15) is 6.61 Å². The number of thiazole rings is 1. The second kappa shape index (κ2) is 9.89. The second-order valence-corrected chi connectivity index (χ2v) is 8.75. The number of hydrogen-bond acceptors (Lipinski definition) is 6. The van der Waals surface area contributed by atoms with Crippen LogP contribution in [0.2, 0.25) is 0 Å². The average Bonchev–Trinajstić information content (AvgIpc) is 3.23. The Kier molecular flexibility index (Phi) is 6.78. The molecular formula is C25H25N3O3S. The number of anilines is 1. The van der Waals surface area contributed by atoms with Crippen molar-refractivity contribution in [2.75, 3.05) is 25.6 Å². The first-order valence-electron chi connectivity index (χ1n) is 10.4. The first-order chi connectivity index (χ1) is 15.6. The maximum absolute atomic E-state index is 13.5. The van der Waals surface area contributed by atoms with E-state index < -0.39 is 5.41 Å². The summed E-state index contributed by atoms with van der Waals surface area (Å²) in [5, 5.41) is 3.95. The minimum absolute atomic E-state index is 0.113. The van der Waals surface area contributed by atoms with Crippen molar-refractivity contribution in [3.05, 3.63) is 83.5 Å². The standard InChI is InChI=1S/C25H25N3O3S/c1-25(18-8-4-3-5-9-18,16-23-28-20-10-6-7-11-21(20)32-23)24(29)27-19-12-13-22(26-17-19)31-15-14-30-2/h3-13,17H,14-16H2,1-2H3,(H,27,29). The van der Waals surface area contributed by atoms with Crippen molar-refractivity contribution in [3.8, 4) is 5.88 Å². The molecule has 0 bridgehead atoms. The molecular weight excluding hydrogens is 422 g/mol. The van der Waals surface area contributed by atoms with Crippen molar-refractivity contribution in [3.63, 3.8) is 0 Å². The SMILES string of the molecule is COCCOc1ccc(NC(=O)C(C)(Cc2nc3ccccc3s2)c2ccccc2)cn1. The Morgan fingerprint density at radius 2 is 1.81 bits per heavy atom. The highest BCUT2D eigenvalue weighted by Gasteiger charge is 2.36. The van der Waals surface area contributed by atoms with Crippen LogP contribution in [0.1, 0.15) is 17.5 Å². The summed E-state index contributed by atoms with van der Waals surface area (Å²) in [4.78, 5) is 22.6. The number of amides is 1. The zero-order valence-corrected chi connectivity index (χ0v) is 18.9. The fraction of sp³-hybridized carbons (Fsp3) is 0.240. The van der Waals surface area contributed by atoms with Crippen molar-refractivity contribution >= 4 is 33.1 Å². The molecule has 2 aromatic carbocycles. The van der Waals surface area contributed by atoms with Gasteiger partial charge in [-0.25, -0.2) is 9.97 Å². The first-order valence-corrected chi connectivity index (χ1v) is 11.2. The van der Waals surface area contributed by atoms with Gasteiger partial charge in [-0.2, -0.15) is 0 Å². The Bertz CT molecular complexity index is 1150. The summed E-state index contributed by atoms with van der Waals surface area (Å²) in [5.41, 5.74) is 1.70. The smallest absolute Gasteiger partial charge is 0.235 e. The molecule has 1 N–H and O–H groups in total. The van der Waals surface area contributed by atoms with E-state index in [1.807, 2.05) is 55.5 Å². The van der Waals surface area contributed by atoms with Crippen molar-refractivity contribution in [1.29, 1.82) is 0 Å². The van der Waals surface area contributed by atoms with Crippen LogP contribution in [0.3, 0.4) is 0 Å². The van der Waals surface area contributed by atoms with Gasteiger partial charge in [0.25, 0.3) is 0 Å². The molecule has 7 heteroatoms. The highest BCUT2D eigenvalue weighted by molar-refractivity contribution is 7.18. The third-order valence-corrected chi connectivity index (χ3v) is 6.32. The summed E-state index contributed by atoms with van der Waals surface area (Å²) in [6.07, 6.45) is 2.09. The summed E-state index contributed by atoms with van der Waals surface area (Å²) in [6.45, 7) is 2.87. The van der Waals surface area contributed by atoms with Crippen LogP contribution in [0.25, 0.3) is 10.2 Å². The van der Waals surface area contributed by atoms with Crippen LogP contribution < -0.4 is 10.1 Å². The monoisotopic (exact) mass is 447 g/mol. The molecule has 1 atom stereocenters. The molecule has 0 aliphatic carbocycles. The lowest BCUT2D eigenvalue weighted by Crippen LogP contribution is -2.39. The topological polar surface area (TPSA) is 73.3 Å². The maximum Gasteiger partial charge on any atom is 0.235 e. The highest BCUT2D eigenvalue weighted by atomic mass is 32.1. The largest absolute Gasteiger partial charge is 0.475 e. The molecule has 2 heterocycles. The quantitative estimate of drug-likeness (QED) is 0.371. The van der Waals surface area contributed by atoms with Gasteiger partial charge < -0.3 is 14.8 Å². The van der Waals surface area contributed by atoms with Gasteiger partial charge in [-0.05, 0) is 30.7 Å². The molecule has 4 rings (SSSR count). The van der Waals surface area contributed by atoms with Crippen LogP contribution in [0, 0.1) is 0 Å². The number of pyridine rings is 1. The predicted molar refractivity (Wildman–Crippen MR) is 127 cm³/mol. The number of ether oxygens (including phenoxy) is 2. The Balaban J connectivity index is 1.56. The molecule has 164 valence electrons. The number of aromatic nitrogens is 2. The normalized spacial score (nSPS) is 12.9. The van der Waals surface area contributed by atoms with Crippen molar-refractivity contribution in [2.45, 2.75) is 18.8 Å². The molecule has 1 unspecified atom stereocenters. The lowest BCUT2D eigenvalue weighted by molar-refractivity contribution is -0.121. The number of hydrogen-bond donors (Lipinski definition) is 1. The molecule has 6 nitrogen and oxygen atoms in total. The maximum atomic E-state index is 13.5. The number of nitrogens with zero attached hydrogens (tertiary/aromatic N) is 2. The molecule has 0 aliphatic heterocycles. The van der Waals surface area contributed by atoms with Gasteiger partial charge in [0, 0.05) is 19.6 Å². The van der Waals surface area contributed by atoms with E-state index in [4.69, 9.17) is 14.5 Å². The Morgan fingerprint density at radius 1 is 1.03 bits per heavy atom. The van der Waals surface area contributed by atoms with Crippen LogP contribution in [-0.2, 0) is 21.4 Å². The van der Waals surface area contributed by atoms with E-state index in [0.717, 1.165) is 20.8 Å². The van der Waals surface area contributed by atoms with Crippen LogP contribution in [0.5, 0.6) is 5.88 Å². The molecule has 0 aliphatic rings. The fourth-order valence-electron chi connectivity index (χ4n) is 3.46. The summed E-state index contributed by atoms with van der Waals surface area (Å²) in [5.74, 6) is 0.373. The summed E-state index contributed by atoms with van der Waals surface area (Å²) in [6, 6.07) is 21.4. The number of carbonyl (C=O) groups excluding carboxylic acids is 1. The van der Waals surface area contributed by atoms with Gasteiger partial charge >= 0.3 is 0 Å². The number of benzene rings is 2. The number of fused-ring (bicyclic) bond motifs is 1. The third-order valence-electron chi connectivity index (χ3n) is 5.29. The average molecular weight is 448 g/mol. The molecule has 1 amide bonds. The molecule has 0 spiro atoms. The minimum atomic E-state index is -0.803. The van der Waals surface area contributed by atoms with Gasteiger partial charge in [0.15, 0.2) is 0 Å². The number of carbonyl (C=O) groups is 1. The van der Waals surface area contributed by atoms with Gasteiger partial charge in [-0.3, -0.25) is 4.79 Å². The zero-order valence-electron chi connectivity index (χ0n) is 18.1. The number of methoxy groups -OCH3 is 1. The Hall–Kier alpha value is -3.29.